The third kappa shape index (κ3) is 1.82. The summed E-state index contributed by atoms with van der Waals surface area (Å²) in [4.78, 5) is 10.5. The molecule has 0 fully saturated rings. The van der Waals surface area contributed by atoms with E-state index in [1.165, 1.54) is 18.2 Å². The van der Waals surface area contributed by atoms with E-state index >= 15 is 0 Å². The van der Waals surface area contributed by atoms with Gasteiger partial charge in [-0.15, -0.1) is 0 Å². The molecular formula is C15H11F2NO2. The summed E-state index contributed by atoms with van der Waals surface area (Å²) >= 11 is 0. The van der Waals surface area contributed by atoms with Gasteiger partial charge in [-0.2, -0.15) is 8.78 Å². The van der Waals surface area contributed by atoms with E-state index in [1.807, 2.05) is 0 Å². The predicted octanol–water partition coefficient (Wildman–Crippen LogP) is 3.30. The summed E-state index contributed by atoms with van der Waals surface area (Å²) in [5, 5.41) is 11.3. The Labute approximate surface area is 113 Å². The first-order valence-corrected chi connectivity index (χ1v) is 6.08. The lowest BCUT2D eigenvalue weighted by atomic mass is 10.1. The van der Waals surface area contributed by atoms with Crippen molar-refractivity contribution < 1.29 is 18.7 Å². The van der Waals surface area contributed by atoms with Crippen LogP contribution in [0.5, 0.6) is 0 Å². The summed E-state index contributed by atoms with van der Waals surface area (Å²) < 4.78 is 28.5. The predicted molar refractivity (Wildman–Crippen MR) is 71.0 cm³/mol. The van der Waals surface area contributed by atoms with E-state index in [2.05, 4.69) is 5.32 Å². The zero-order chi connectivity index (χ0) is 14.3. The highest BCUT2D eigenvalue weighted by Gasteiger charge is 2.43. The lowest BCUT2D eigenvalue weighted by molar-refractivity contribution is -0.134. The van der Waals surface area contributed by atoms with Gasteiger partial charge in [0, 0.05) is 16.8 Å². The van der Waals surface area contributed by atoms with Gasteiger partial charge in [-0.1, -0.05) is 24.3 Å². The average Bonchev–Trinajstić information content (AvgIpc) is 2.66. The summed E-state index contributed by atoms with van der Waals surface area (Å²) in [6.45, 7) is -0.253. The monoisotopic (exact) mass is 275 g/mol. The number of fused-ring (bicyclic) bond motifs is 3. The Morgan fingerprint density at radius 2 is 1.80 bits per heavy atom. The van der Waals surface area contributed by atoms with Gasteiger partial charge in [-0.3, -0.25) is 4.79 Å². The third-order valence-electron chi connectivity index (χ3n) is 3.36. The number of benzene rings is 2. The number of hydrogen-bond acceptors (Lipinski definition) is 2. The Kier molecular flexibility index (Phi) is 2.71. The van der Waals surface area contributed by atoms with E-state index in [0.717, 1.165) is 0 Å². The number of rotatable bonds is 3. The van der Waals surface area contributed by atoms with Crippen molar-refractivity contribution in [3.63, 3.8) is 0 Å². The molecule has 0 bridgehead atoms. The molecule has 2 aromatic rings. The van der Waals surface area contributed by atoms with Gasteiger partial charge in [0.1, 0.15) is 6.54 Å². The van der Waals surface area contributed by atoms with Crippen LogP contribution in [0.3, 0.4) is 0 Å². The Balaban J connectivity index is 2.07. The zero-order valence-corrected chi connectivity index (χ0v) is 10.4. The largest absolute Gasteiger partial charge is 0.480 e. The molecule has 102 valence electrons. The fourth-order valence-electron chi connectivity index (χ4n) is 2.47. The van der Waals surface area contributed by atoms with Gasteiger partial charge in [0.05, 0.1) is 0 Å². The van der Waals surface area contributed by atoms with Gasteiger partial charge in [0.2, 0.25) is 0 Å². The molecule has 2 aromatic carbocycles. The molecule has 2 N–H and O–H groups in total. The normalized spacial score (nSPS) is 14.5. The van der Waals surface area contributed by atoms with Crippen LogP contribution >= 0.6 is 0 Å². The smallest absolute Gasteiger partial charge is 0.322 e. The van der Waals surface area contributed by atoms with E-state index in [0.29, 0.717) is 16.8 Å². The van der Waals surface area contributed by atoms with Gasteiger partial charge >= 0.3 is 5.97 Å². The van der Waals surface area contributed by atoms with Crippen molar-refractivity contribution in [3.8, 4) is 11.1 Å². The maximum absolute atomic E-state index is 14.3. The number of carboxylic acids is 1. The van der Waals surface area contributed by atoms with E-state index < -0.39 is 11.9 Å². The Hall–Kier alpha value is -2.43. The number of hydrogen-bond donors (Lipinski definition) is 2. The molecule has 0 saturated carbocycles. The fourth-order valence-corrected chi connectivity index (χ4v) is 2.47. The molecule has 0 radical (unpaired) electrons. The molecule has 3 rings (SSSR count). The molecule has 0 aliphatic heterocycles. The molecule has 0 atom stereocenters. The maximum atomic E-state index is 14.3. The second kappa shape index (κ2) is 4.30. The Morgan fingerprint density at radius 3 is 2.55 bits per heavy atom. The van der Waals surface area contributed by atoms with Crippen molar-refractivity contribution in [1.29, 1.82) is 0 Å². The summed E-state index contributed by atoms with van der Waals surface area (Å²) in [5.74, 6) is -4.01. The highest BCUT2D eigenvalue weighted by Crippen LogP contribution is 2.51. The Bertz CT molecular complexity index is 698. The standard InChI is InChI=1S/C15H11F2NO2/c16-15(17)12-4-2-1-3-10(12)11-7-9(5-6-13(11)15)18-8-14(19)20/h1-7,18H,8H2,(H,19,20). The number of nitrogens with one attached hydrogen (secondary N) is 1. The number of aliphatic carboxylic acids is 1. The minimum Gasteiger partial charge on any atom is -0.480 e. The molecular weight excluding hydrogens is 264 g/mol. The van der Waals surface area contributed by atoms with Crippen molar-refractivity contribution in [2.45, 2.75) is 5.92 Å². The molecule has 0 heterocycles. The van der Waals surface area contributed by atoms with Crippen LogP contribution in [0.25, 0.3) is 11.1 Å². The van der Waals surface area contributed by atoms with E-state index in [1.54, 1.807) is 24.3 Å². The van der Waals surface area contributed by atoms with Crippen LogP contribution < -0.4 is 5.32 Å². The lowest BCUT2D eigenvalue weighted by Crippen LogP contribution is -2.13. The second-order valence-corrected chi connectivity index (χ2v) is 4.63. The SMILES string of the molecule is O=C(O)CNc1ccc2c(c1)-c1ccccc1C2(F)F. The van der Waals surface area contributed by atoms with Crippen molar-refractivity contribution >= 4 is 11.7 Å². The van der Waals surface area contributed by atoms with Crippen molar-refractivity contribution in [2.24, 2.45) is 0 Å². The van der Waals surface area contributed by atoms with Crippen LogP contribution in [0.1, 0.15) is 11.1 Å². The number of alkyl halides is 2. The number of anilines is 1. The highest BCUT2D eigenvalue weighted by atomic mass is 19.3. The summed E-state index contributed by atoms with van der Waals surface area (Å²) in [6.07, 6.45) is 0. The first kappa shape index (κ1) is 12.6. The molecule has 1 aliphatic rings. The maximum Gasteiger partial charge on any atom is 0.322 e. The molecule has 0 spiro atoms. The second-order valence-electron chi connectivity index (χ2n) is 4.63. The van der Waals surface area contributed by atoms with E-state index in [4.69, 9.17) is 5.11 Å². The number of carboxylic acid groups (broad SMARTS) is 1. The topological polar surface area (TPSA) is 49.3 Å². The van der Waals surface area contributed by atoms with Gasteiger partial charge in [0.25, 0.3) is 5.92 Å². The zero-order valence-electron chi connectivity index (χ0n) is 10.4. The van der Waals surface area contributed by atoms with Gasteiger partial charge in [-0.05, 0) is 29.3 Å². The molecule has 0 saturated heterocycles. The van der Waals surface area contributed by atoms with E-state index in [-0.39, 0.29) is 17.7 Å². The molecule has 0 aromatic heterocycles. The summed E-state index contributed by atoms with van der Waals surface area (Å²) in [6, 6.07) is 10.7. The molecule has 0 amide bonds. The summed E-state index contributed by atoms with van der Waals surface area (Å²) in [7, 11) is 0. The van der Waals surface area contributed by atoms with Gasteiger partial charge in [-0.25, -0.2) is 0 Å². The van der Waals surface area contributed by atoms with Crippen LogP contribution in [0, 0.1) is 0 Å². The summed E-state index contributed by atoms with van der Waals surface area (Å²) in [5.41, 5.74) is 1.40. The van der Waals surface area contributed by atoms with Crippen LogP contribution in [-0.2, 0) is 10.7 Å². The third-order valence-corrected chi connectivity index (χ3v) is 3.36. The fraction of sp³-hybridized carbons (Fsp3) is 0.133. The van der Waals surface area contributed by atoms with Gasteiger partial charge < -0.3 is 10.4 Å². The number of carbonyl (C=O) groups is 1. The van der Waals surface area contributed by atoms with Gasteiger partial charge in [0.15, 0.2) is 0 Å². The van der Waals surface area contributed by atoms with Crippen molar-refractivity contribution in [2.75, 3.05) is 11.9 Å². The van der Waals surface area contributed by atoms with Crippen LogP contribution in [0.15, 0.2) is 42.5 Å². The minimum absolute atomic E-state index is 0.00890. The molecule has 0 unspecified atom stereocenters. The highest BCUT2D eigenvalue weighted by molar-refractivity contribution is 5.82. The minimum atomic E-state index is -3.00. The molecule has 5 heteroatoms. The number of halogens is 2. The molecule has 3 nitrogen and oxygen atoms in total. The van der Waals surface area contributed by atoms with Crippen LogP contribution in [0.4, 0.5) is 14.5 Å². The van der Waals surface area contributed by atoms with Crippen LogP contribution in [-0.4, -0.2) is 17.6 Å². The van der Waals surface area contributed by atoms with E-state index in [9.17, 15) is 13.6 Å². The molecule has 20 heavy (non-hydrogen) atoms. The first-order chi connectivity index (χ1) is 9.50. The van der Waals surface area contributed by atoms with Crippen molar-refractivity contribution in [1.82, 2.24) is 0 Å². The quantitative estimate of drug-likeness (QED) is 0.903. The first-order valence-electron chi connectivity index (χ1n) is 6.08. The van der Waals surface area contributed by atoms with Crippen LogP contribution in [0.2, 0.25) is 0 Å². The Morgan fingerprint density at radius 1 is 1.10 bits per heavy atom. The van der Waals surface area contributed by atoms with Crippen molar-refractivity contribution in [3.05, 3.63) is 53.6 Å². The lowest BCUT2D eigenvalue weighted by Gasteiger charge is -2.12. The average molecular weight is 275 g/mol. The molecule has 1 aliphatic carbocycles.